The number of ether oxygens (including phenoxy) is 1. The van der Waals surface area contributed by atoms with Crippen molar-refractivity contribution in [3.63, 3.8) is 0 Å². The molecule has 0 spiro atoms. The van der Waals surface area contributed by atoms with Crippen LogP contribution in [0.4, 0.5) is 0 Å². The summed E-state index contributed by atoms with van der Waals surface area (Å²) in [6.07, 6.45) is 4.17. The van der Waals surface area contributed by atoms with Gasteiger partial charge in [-0.3, -0.25) is 4.79 Å². The zero-order valence-corrected chi connectivity index (χ0v) is 25.7. The van der Waals surface area contributed by atoms with Gasteiger partial charge in [0.1, 0.15) is 11.8 Å². The van der Waals surface area contributed by atoms with E-state index in [0.717, 1.165) is 53.7 Å². The molecule has 1 aliphatic heterocycles. The summed E-state index contributed by atoms with van der Waals surface area (Å²) in [5.41, 5.74) is 9.40. The molecule has 214 valence electrons. The monoisotopic (exact) mass is 540 g/mol. The molecular weight excluding hydrogens is 492 g/mol. The summed E-state index contributed by atoms with van der Waals surface area (Å²) < 4.78 is 6.01. The first-order chi connectivity index (χ1) is 19.4. The Balaban J connectivity index is 0.00000161. The van der Waals surface area contributed by atoms with Gasteiger partial charge in [-0.2, -0.15) is 5.26 Å². The second kappa shape index (κ2) is 16.4. The molecule has 40 heavy (non-hydrogen) atoms. The lowest BCUT2D eigenvalue weighted by Crippen LogP contribution is -2.15. The first kappa shape index (κ1) is 32.5. The van der Waals surface area contributed by atoms with Gasteiger partial charge in [0.25, 0.3) is 0 Å². The maximum atomic E-state index is 11.7. The van der Waals surface area contributed by atoms with Crippen LogP contribution < -0.4 is 10.1 Å². The van der Waals surface area contributed by atoms with Gasteiger partial charge in [0.2, 0.25) is 0 Å². The van der Waals surface area contributed by atoms with Gasteiger partial charge in [-0.25, -0.2) is 0 Å². The lowest BCUT2D eigenvalue weighted by molar-refractivity contribution is 0.101. The van der Waals surface area contributed by atoms with E-state index in [-0.39, 0.29) is 7.21 Å². The molecular formula is C36H48N2O2. The van der Waals surface area contributed by atoms with E-state index in [1.807, 2.05) is 58.0 Å². The molecule has 1 aliphatic rings. The topological polar surface area (TPSA) is 62.1 Å². The summed E-state index contributed by atoms with van der Waals surface area (Å²) in [4.78, 5) is 11.7. The van der Waals surface area contributed by atoms with Crippen molar-refractivity contribution in [1.29, 1.82) is 5.26 Å². The van der Waals surface area contributed by atoms with E-state index < -0.39 is 0 Å². The number of Topliss-reactive ketones (excluding diaryl/α,β-unsaturated/α-hetero) is 1. The van der Waals surface area contributed by atoms with Gasteiger partial charge < -0.3 is 10.1 Å². The van der Waals surface area contributed by atoms with Crippen LogP contribution >= 0.6 is 0 Å². The maximum Gasteiger partial charge on any atom is 0.159 e. The van der Waals surface area contributed by atoms with Gasteiger partial charge in [0.05, 0.1) is 12.2 Å². The van der Waals surface area contributed by atoms with Crippen molar-refractivity contribution in [3.05, 3.63) is 93.6 Å². The molecule has 3 aromatic carbocycles. The molecule has 1 saturated heterocycles. The van der Waals surface area contributed by atoms with E-state index in [1.54, 1.807) is 6.92 Å². The van der Waals surface area contributed by atoms with E-state index in [2.05, 4.69) is 62.5 Å². The average Bonchev–Trinajstić information content (AvgIpc) is 3.50. The number of hydrogen-bond acceptors (Lipinski definition) is 4. The molecule has 0 saturated carbocycles. The molecule has 1 atom stereocenters. The Morgan fingerprint density at radius 2 is 1.82 bits per heavy atom. The molecule has 1 unspecified atom stereocenters. The van der Waals surface area contributed by atoms with E-state index in [1.165, 1.54) is 16.7 Å². The minimum atomic E-state index is 0. The number of carbonyl (C=O) groups excluding carboxylic acids is 1. The molecule has 0 aliphatic carbocycles. The molecule has 3 aromatic rings. The Morgan fingerprint density at radius 1 is 1.07 bits per heavy atom. The third-order valence-electron chi connectivity index (χ3n) is 7.04. The first-order valence-electron chi connectivity index (χ1n) is 14.6. The zero-order chi connectivity index (χ0) is 29.7. The Hall–Kier alpha value is -3.68. The highest BCUT2D eigenvalue weighted by molar-refractivity contribution is 5.94. The quantitative estimate of drug-likeness (QED) is 0.290. The zero-order valence-electron chi connectivity index (χ0n) is 25.7. The summed E-state index contributed by atoms with van der Waals surface area (Å²) in [7, 11) is 0. The van der Waals surface area contributed by atoms with Crippen molar-refractivity contribution >= 4 is 11.9 Å². The number of allylic oxidation sites excluding steroid dienone is 1. The Morgan fingerprint density at radius 3 is 2.45 bits per heavy atom. The smallest absolute Gasteiger partial charge is 0.159 e. The van der Waals surface area contributed by atoms with Gasteiger partial charge in [-0.05, 0) is 98.7 Å². The van der Waals surface area contributed by atoms with Gasteiger partial charge in [-0.1, -0.05) is 75.7 Å². The van der Waals surface area contributed by atoms with Crippen LogP contribution in [0.25, 0.3) is 17.2 Å². The number of rotatable bonds is 8. The normalized spacial score (nSPS) is 14.3. The summed E-state index contributed by atoms with van der Waals surface area (Å²) in [6.45, 7) is 18.6. The molecule has 4 nitrogen and oxygen atoms in total. The number of nitrogens with one attached hydrogen (secondary N) is 1. The fraction of sp³-hybridized carbons (Fsp3) is 0.389. The summed E-state index contributed by atoms with van der Waals surface area (Å²) >= 11 is 0. The third kappa shape index (κ3) is 8.66. The minimum absolute atomic E-state index is 0. The lowest BCUT2D eigenvalue weighted by Gasteiger charge is -2.14. The number of nitrogens with zero attached hydrogens (tertiary/aromatic N) is 1. The van der Waals surface area contributed by atoms with Crippen LogP contribution in [0.2, 0.25) is 0 Å². The Labute approximate surface area is 243 Å². The molecule has 0 bridgehead atoms. The van der Waals surface area contributed by atoms with Crippen molar-refractivity contribution in [2.45, 2.75) is 68.2 Å². The second-order valence-corrected chi connectivity index (χ2v) is 9.88. The van der Waals surface area contributed by atoms with Gasteiger partial charge in [-0.15, -0.1) is 0 Å². The molecule has 0 radical (unpaired) electrons. The van der Waals surface area contributed by atoms with Crippen LogP contribution in [0.15, 0.2) is 60.2 Å². The number of nitriles is 1. The van der Waals surface area contributed by atoms with Crippen LogP contribution in [0.5, 0.6) is 5.75 Å². The van der Waals surface area contributed by atoms with Gasteiger partial charge >= 0.3 is 0 Å². The number of ketones is 1. The molecule has 1 N–H and O–H groups in total. The van der Waals surface area contributed by atoms with Crippen molar-refractivity contribution < 1.29 is 11.0 Å². The van der Waals surface area contributed by atoms with Gasteiger partial charge in [0, 0.05) is 19.5 Å². The number of hydrogen-bond donors (Lipinski definition) is 1. The molecule has 0 amide bonds. The third-order valence-corrected chi connectivity index (χ3v) is 7.04. The highest BCUT2D eigenvalue weighted by Gasteiger charge is 2.16. The first-order valence-corrected chi connectivity index (χ1v) is 14.6. The highest BCUT2D eigenvalue weighted by Crippen LogP contribution is 2.31. The molecule has 4 heteroatoms. The summed E-state index contributed by atoms with van der Waals surface area (Å²) in [5, 5.41) is 13.1. The van der Waals surface area contributed by atoms with E-state index in [0.29, 0.717) is 23.8 Å². The maximum absolute atomic E-state index is 11.7. The highest BCUT2D eigenvalue weighted by atomic mass is 16.5. The predicted octanol–water partition coefficient (Wildman–Crippen LogP) is 8.98. The van der Waals surface area contributed by atoms with Crippen molar-refractivity contribution in [3.8, 4) is 22.9 Å². The predicted molar refractivity (Wildman–Crippen MR) is 171 cm³/mol. The molecule has 1 fully saturated rings. The average molecular weight is 541 g/mol. The molecule has 1 heterocycles. The minimum Gasteiger partial charge on any atom is -0.492 e. The molecule has 4 rings (SSSR count). The second-order valence-electron chi connectivity index (χ2n) is 9.88. The van der Waals surface area contributed by atoms with Crippen LogP contribution in [-0.4, -0.2) is 25.5 Å². The SMILES string of the molecule is CC.CC.CC(=O)c1ccc(C/C(C)=C/c2cccc(-c3ccc(OCC4CCNC4)c(C#N)c3)c2C)c(C)c1.[HH]. The van der Waals surface area contributed by atoms with Crippen molar-refractivity contribution in [2.75, 3.05) is 19.7 Å². The van der Waals surface area contributed by atoms with Crippen LogP contribution in [0.3, 0.4) is 0 Å². The summed E-state index contributed by atoms with van der Waals surface area (Å²) in [5.74, 6) is 1.25. The van der Waals surface area contributed by atoms with Crippen molar-refractivity contribution in [1.82, 2.24) is 5.32 Å². The lowest BCUT2D eigenvalue weighted by atomic mass is 9.93. The fourth-order valence-corrected chi connectivity index (χ4v) is 4.83. The number of carbonyl (C=O) groups is 1. The Bertz CT molecular complexity index is 1350. The van der Waals surface area contributed by atoms with Crippen LogP contribution in [0.1, 0.15) is 87.6 Å². The van der Waals surface area contributed by atoms with Gasteiger partial charge in [0.15, 0.2) is 5.78 Å². The molecule has 0 aromatic heterocycles. The summed E-state index contributed by atoms with van der Waals surface area (Å²) in [6, 6.07) is 20.5. The van der Waals surface area contributed by atoms with Crippen molar-refractivity contribution in [2.24, 2.45) is 5.92 Å². The van der Waals surface area contributed by atoms with E-state index in [9.17, 15) is 10.1 Å². The van der Waals surface area contributed by atoms with E-state index >= 15 is 0 Å². The standard InChI is InChI=1S/C32H34N2O2.2C2H6.H2/c1-21(14-26-8-9-28(24(4)35)16-22(26)2)15-27-6-5-7-31(23(27)3)29-10-11-32(30(17-29)18-33)36-20-25-12-13-34-19-25;2*1-2;/h5-11,15-17,25,34H,12-14,19-20H2,1-4H3;2*1-2H3;1H/b21-15+;;;. The largest absolute Gasteiger partial charge is 0.492 e. The van der Waals surface area contributed by atoms with Crippen LogP contribution in [-0.2, 0) is 6.42 Å². The Kier molecular flexibility index (Phi) is 13.4. The number of aryl methyl sites for hydroxylation is 1. The van der Waals surface area contributed by atoms with E-state index in [4.69, 9.17) is 4.74 Å². The fourth-order valence-electron chi connectivity index (χ4n) is 4.83. The number of benzene rings is 3. The van der Waals surface area contributed by atoms with Crippen LogP contribution in [0, 0.1) is 31.1 Å².